The fourth-order valence-corrected chi connectivity index (χ4v) is 1.05. The quantitative estimate of drug-likeness (QED) is 0.665. The van der Waals surface area contributed by atoms with Crippen LogP contribution in [0.3, 0.4) is 0 Å². The van der Waals surface area contributed by atoms with E-state index in [1.54, 1.807) is 13.2 Å². The van der Waals surface area contributed by atoms with E-state index in [0.29, 0.717) is 11.3 Å². The smallest absolute Gasteiger partial charge is 0.136 e. The first-order valence-corrected chi connectivity index (χ1v) is 3.88. The molecular formula is C10H11NO. The van der Waals surface area contributed by atoms with E-state index in [1.165, 1.54) is 5.56 Å². The molecule has 0 N–H and O–H groups in total. The third-order valence-corrected chi connectivity index (χ3v) is 1.79. The third-order valence-electron chi connectivity index (χ3n) is 1.79. The van der Waals surface area contributed by atoms with E-state index in [1.807, 2.05) is 12.1 Å². The van der Waals surface area contributed by atoms with Gasteiger partial charge in [-0.25, -0.2) is 0 Å². The van der Waals surface area contributed by atoms with Gasteiger partial charge >= 0.3 is 0 Å². The summed E-state index contributed by atoms with van der Waals surface area (Å²) in [5, 5.41) is 8.68. The largest absolute Gasteiger partial charge is 0.495 e. The molecule has 0 heterocycles. The number of methoxy groups -OCH3 is 1. The van der Waals surface area contributed by atoms with Crippen molar-refractivity contribution in [1.82, 2.24) is 0 Å². The van der Waals surface area contributed by atoms with Crippen molar-refractivity contribution in [2.24, 2.45) is 0 Å². The molecule has 0 aliphatic carbocycles. The topological polar surface area (TPSA) is 33.0 Å². The van der Waals surface area contributed by atoms with Crippen LogP contribution < -0.4 is 4.74 Å². The molecule has 0 aliphatic rings. The van der Waals surface area contributed by atoms with Crippen LogP contribution in [0.15, 0.2) is 18.2 Å². The Morgan fingerprint density at radius 1 is 1.50 bits per heavy atom. The summed E-state index contributed by atoms with van der Waals surface area (Å²) in [5.74, 6) is 0.664. The minimum absolute atomic E-state index is 0.592. The molecule has 0 atom stereocenters. The normalized spacial score (nSPS) is 9.08. The van der Waals surface area contributed by atoms with Crippen LogP contribution >= 0.6 is 0 Å². The van der Waals surface area contributed by atoms with Crippen molar-refractivity contribution < 1.29 is 4.74 Å². The van der Waals surface area contributed by atoms with Gasteiger partial charge in [0, 0.05) is 0 Å². The predicted octanol–water partition coefficient (Wildman–Crippen LogP) is 2.13. The summed E-state index contributed by atoms with van der Waals surface area (Å²) in [6.07, 6.45) is 0.960. The average Bonchev–Trinajstić information content (AvgIpc) is 2.16. The zero-order chi connectivity index (χ0) is 8.97. The van der Waals surface area contributed by atoms with Crippen LogP contribution in [0.4, 0.5) is 0 Å². The van der Waals surface area contributed by atoms with Gasteiger partial charge < -0.3 is 4.74 Å². The SMILES string of the molecule is CCc1ccc(C#N)c(OC)c1. The van der Waals surface area contributed by atoms with Gasteiger partial charge in [-0.3, -0.25) is 0 Å². The van der Waals surface area contributed by atoms with Crippen molar-refractivity contribution in [2.75, 3.05) is 7.11 Å². The highest BCUT2D eigenvalue weighted by Crippen LogP contribution is 2.19. The molecule has 0 saturated heterocycles. The maximum absolute atomic E-state index is 8.68. The number of nitriles is 1. The molecule has 0 saturated carbocycles. The first-order valence-electron chi connectivity index (χ1n) is 3.88. The molecule has 0 aliphatic heterocycles. The molecular weight excluding hydrogens is 150 g/mol. The molecule has 0 amide bonds. The minimum atomic E-state index is 0.592. The number of hydrogen-bond donors (Lipinski definition) is 0. The van der Waals surface area contributed by atoms with E-state index < -0.39 is 0 Å². The summed E-state index contributed by atoms with van der Waals surface area (Å²) in [6.45, 7) is 2.07. The highest BCUT2D eigenvalue weighted by molar-refractivity contribution is 5.45. The van der Waals surface area contributed by atoms with Crippen LogP contribution in [0.5, 0.6) is 5.75 Å². The van der Waals surface area contributed by atoms with E-state index in [0.717, 1.165) is 6.42 Å². The summed E-state index contributed by atoms with van der Waals surface area (Å²) in [7, 11) is 1.58. The number of hydrogen-bond acceptors (Lipinski definition) is 2. The monoisotopic (exact) mass is 161 g/mol. The van der Waals surface area contributed by atoms with Crippen LogP contribution in [0.25, 0.3) is 0 Å². The predicted molar refractivity (Wildman–Crippen MR) is 47.1 cm³/mol. The van der Waals surface area contributed by atoms with Crippen molar-refractivity contribution in [1.29, 1.82) is 5.26 Å². The first kappa shape index (κ1) is 8.61. The standard InChI is InChI=1S/C10H11NO/c1-3-8-4-5-9(7-11)10(6-8)12-2/h4-6H,3H2,1-2H3. The number of nitrogens with zero attached hydrogens (tertiary/aromatic N) is 1. The fraction of sp³-hybridized carbons (Fsp3) is 0.300. The van der Waals surface area contributed by atoms with E-state index in [4.69, 9.17) is 10.00 Å². The molecule has 0 aromatic heterocycles. The van der Waals surface area contributed by atoms with Gasteiger partial charge in [0.05, 0.1) is 12.7 Å². The highest BCUT2D eigenvalue weighted by Gasteiger charge is 2.01. The van der Waals surface area contributed by atoms with Gasteiger partial charge in [-0.15, -0.1) is 0 Å². The average molecular weight is 161 g/mol. The Kier molecular flexibility index (Phi) is 2.71. The van der Waals surface area contributed by atoms with E-state index in [9.17, 15) is 0 Å². The van der Waals surface area contributed by atoms with Gasteiger partial charge in [0.1, 0.15) is 11.8 Å². The first-order chi connectivity index (χ1) is 5.81. The Bertz CT molecular complexity index is 312. The maximum Gasteiger partial charge on any atom is 0.136 e. The summed E-state index contributed by atoms with van der Waals surface area (Å²) < 4.78 is 5.06. The molecule has 62 valence electrons. The van der Waals surface area contributed by atoms with Crippen molar-refractivity contribution in [3.8, 4) is 11.8 Å². The second-order valence-corrected chi connectivity index (χ2v) is 2.50. The molecule has 1 aromatic rings. The van der Waals surface area contributed by atoms with Gasteiger partial charge in [-0.2, -0.15) is 5.26 Å². The molecule has 0 bridgehead atoms. The van der Waals surface area contributed by atoms with Crippen LogP contribution in [-0.2, 0) is 6.42 Å². The maximum atomic E-state index is 8.68. The molecule has 1 rings (SSSR count). The second-order valence-electron chi connectivity index (χ2n) is 2.50. The van der Waals surface area contributed by atoms with Crippen molar-refractivity contribution >= 4 is 0 Å². The van der Waals surface area contributed by atoms with Crippen molar-refractivity contribution in [3.63, 3.8) is 0 Å². The summed E-state index contributed by atoms with van der Waals surface area (Å²) in [6, 6.07) is 7.71. The second kappa shape index (κ2) is 3.77. The van der Waals surface area contributed by atoms with Crippen molar-refractivity contribution in [3.05, 3.63) is 29.3 Å². The van der Waals surface area contributed by atoms with Crippen molar-refractivity contribution in [2.45, 2.75) is 13.3 Å². The lowest BCUT2D eigenvalue weighted by atomic mass is 10.1. The molecule has 1 aromatic carbocycles. The lowest BCUT2D eigenvalue weighted by molar-refractivity contribution is 0.413. The van der Waals surface area contributed by atoms with E-state index in [2.05, 4.69) is 13.0 Å². The van der Waals surface area contributed by atoms with Gasteiger partial charge in [0.2, 0.25) is 0 Å². The van der Waals surface area contributed by atoms with Crippen LogP contribution in [-0.4, -0.2) is 7.11 Å². The number of aryl methyl sites for hydroxylation is 1. The molecule has 2 nitrogen and oxygen atoms in total. The minimum Gasteiger partial charge on any atom is -0.495 e. The summed E-state index contributed by atoms with van der Waals surface area (Å²) in [4.78, 5) is 0. The zero-order valence-electron chi connectivity index (χ0n) is 7.29. The highest BCUT2D eigenvalue weighted by atomic mass is 16.5. The fourth-order valence-electron chi connectivity index (χ4n) is 1.05. The Balaban J connectivity index is 3.13. The number of benzene rings is 1. The Hall–Kier alpha value is -1.49. The summed E-state index contributed by atoms with van der Waals surface area (Å²) in [5.41, 5.74) is 1.78. The molecule has 12 heavy (non-hydrogen) atoms. The van der Waals surface area contributed by atoms with Crippen LogP contribution in [0.1, 0.15) is 18.1 Å². The Morgan fingerprint density at radius 3 is 2.75 bits per heavy atom. The Labute approximate surface area is 72.4 Å². The number of rotatable bonds is 2. The van der Waals surface area contributed by atoms with E-state index in [-0.39, 0.29) is 0 Å². The molecule has 0 fully saturated rings. The molecule has 0 spiro atoms. The molecule has 2 heteroatoms. The van der Waals surface area contributed by atoms with Crippen LogP contribution in [0.2, 0.25) is 0 Å². The van der Waals surface area contributed by atoms with Gasteiger partial charge in [0.15, 0.2) is 0 Å². The Morgan fingerprint density at radius 2 is 2.25 bits per heavy atom. The molecule has 0 unspecified atom stereocenters. The van der Waals surface area contributed by atoms with E-state index >= 15 is 0 Å². The number of ether oxygens (including phenoxy) is 1. The van der Waals surface area contributed by atoms with Gasteiger partial charge in [-0.1, -0.05) is 13.0 Å². The van der Waals surface area contributed by atoms with Gasteiger partial charge in [-0.05, 0) is 24.1 Å². The molecule has 0 radical (unpaired) electrons. The van der Waals surface area contributed by atoms with Gasteiger partial charge in [0.25, 0.3) is 0 Å². The van der Waals surface area contributed by atoms with Crippen LogP contribution in [0, 0.1) is 11.3 Å². The lowest BCUT2D eigenvalue weighted by Gasteiger charge is -2.03. The zero-order valence-corrected chi connectivity index (χ0v) is 7.29. The lowest BCUT2D eigenvalue weighted by Crippen LogP contribution is -1.89. The third kappa shape index (κ3) is 1.57. The summed E-state index contributed by atoms with van der Waals surface area (Å²) >= 11 is 0.